The summed E-state index contributed by atoms with van der Waals surface area (Å²) in [7, 11) is 0. The Morgan fingerprint density at radius 2 is 1.96 bits per heavy atom. The highest BCUT2D eigenvalue weighted by molar-refractivity contribution is 5.86. The van der Waals surface area contributed by atoms with Crippen LogP contribution in [0.4, 0.5) is 0 Å². The van der Waals surface area contributed by atoms with Gasteiger partial charge in [-0.15, -0.1) is 0 Å². The molecule has 3 rings (SSSR count). The first-order chi connectivity index (χ1) is 11.3. The number of carbonyl (C=O) groups is 1. The number of aromatic nitrogens is 2. The Morgan fingerprint density at radius 3 is 2.83 bits per heavy atom. The van der Waals surface area contributed by atoms with Gasteiger partial charge in [0.1, 0.15) is 12.1 Å². The summed E-state index contributed by atoms with van der Waals surface area (Å²) in [5, 5.41) is 0. The fourth-order valence-electron chi connectivity index (χ4n) is 2.49. The van der Waals surface area contributed by atoms with Crippen molar-refractivity contribution in [3.63, 3.8) is 0 Å². The van der Waals surface area contributed by atoms with Crippen LogP contribution in [0.25, 0.3) is 11.0 Å². The van der Waals surface area contributed by atoms with Crippen LogP contribution in [0, 0.1) is 0 Å². The highest BCUT2D eigenvalue weighted by atomic mass is 16.5. The third-order valence-corrected chi connectivity index (χ3v) is 3.59. The minimum Gasteiger partial charge on any atom is -0.494 e. The number of para-hydroxylation sites is 3. The van der Waals surface area contributed by atoms with Crippen molar-refractivity contribution in [2.75, 3.05) is 12.0 Å². The lowest BCUT2D eigenvalue weighted by Gasteiger charge is -2.10. The molecule has 0 saturated heterocycles. The Hall–Kier alpha value is -2.82. The van der Waals surface area contributed by atoms with Gasteiger partial charge in [0.05, 0.1) is 17.6 Å². The molecular weight excluding hydrogens is 290 g/mol. The van der Waals surface area contributed by atoms with E-state index in [4.69, 9.17) is 4.74 Å². The molecule has 3 aromatic rings. The number of aryl methyl sites for hydroxylation is 1. The van der Waals surface area contributed by atoms with Crippen LogP contribution < -0.4 is 10.2 Å². The normalized spacial score (nSPS) is 10.7. The van der Waals surface area contributed by atoms with Crippen LogP contribution in [0.15, 0.2) is 54.9 Å². The van der Waals surface area contributed by atoms with Crippen molar-refractivity contribution in [1.82, 2.24) is 9.66 Å². The number of amides is 1. The lowest BCUT2D eigenvalue weighted by molar-refractivity contribution is -0.117. The average Bonchev–Trinajstić information content (AvgIpc) is 2.98. The third kappa shape index (κ3) is 3.51. The Kier molecular flexibility index (Phi) is 4.57. The molecule has 0 aliphatic carbocycles. The van der Waals surface area contributed by atoms with Crippen LogP contribution in [-0.4, -0.2) is 22.2 Å². The zero-order valence-corrected chi connectivity index (χ0v) is 13.0. The molecule has 0 atom stereocenters. The van der Waals surface area contributed by atoms with Gasteiger partial charge in [-0.05, 0) is 37.1 Å². The molecule has 0 aliphatic heterocycles. The SMILES string of the molecule is CCOc1ccccc1CCC(=O)Nn1cnc2ccccc21. The van der Waals surface area contributed by atoms with Crippen molar-refractivity contribution in [2.45, 2.75) is 19.8 Å². The molecule has 1 amide bonds. The lowest BCUT2D eigenvalue weighted by atomic mass is 10.1. The molecule has 5 nitrogen and oxygen atoms in total. The van der Waals surface area contributed by atoms with Crippen LogP contribution in [0.2, 0.25) is 0 Å². The lowest BCUT2D eigenvalue weighted by Crippen LogP contribution is -2.22. The highest BCUT2D eigenvalue weighted by Gasteiger charge is 2.08. The minimum absolute atomic E-state index is 0.0561. The Morgan fingerprint density at radius 1 is 1.17 bits per heavy atom. The number of nitrogens with zero attached hydrogens (tertiary/aromatic N) is 2. The number of rotatable bonds is 6. The van der Waals surface area contributed by atoms with Crippen molar-refractivity contribution >= 4 is 16.9 Å². The summed E-state index contributed by atoms with van der Waals surface area (Å²) in [6, 6.07) is 15.5. The van der Waals surface area contributed by atoms with E-state index in [1.54, 1.807) is 11.0 Å². The van der Waals surface area contributed by atoms with E-state index in [9.17, 15) is 4.79 Å². The van der Waals surface area contributed by atoms with E-state index >= 15 is 0 Å². The van der Waals surface area contributed by atoms with Crippen molar-refractivity contribution in [1.29, 1.82) is 0 Å². The molecule has 0 bridgehead atoms. The maximum absolute atomic E-state index is 12.2. The predicted octanol–water partition coefficient (Wildman–Crippen LogP) is 3.14. The van der Waals surface area contributed by atoms with Gasteiger partial charge in [-0.25, -0.2) is 9.66 Å². The van der Waals surface area contributed by atoms with E-state index in [0.29, 0.717) is 19.4 Å². The number of ether oxygens (including phenoxy) is 1. The van der Waals surface area contributed by atoms with Gasteiger partial charge < -0.3 is 4.74 Å². The van der Waals surface area contributed by atoms with E-state index in [0.717, 1.165) is 22.3 Å². The standard InChI is InChI=1S/C18H19N3O2/c1-2-23-17-10-6-3-7-14(17)11-12-18(22)20-21-13-19-15-8-4-5-9-16(15)21/h3-10,13H,2,11-12H2,1H3,(H,20,22). The molecule has 0 unspecified atom stereocenters. The van der Waals surface area contributed by atoms with E-state index < -0.39 is 0 Å². The molecule has 0 fully saturated rings. The molecule has 5 heteroatoms. The van der Waals surface area contributed by atoms with Gasteiger partial charge in [0.15, 0.2) is 0 Å². The smallest absolute Gasteiger partial charge is 0.239 e. The summed E-state index contributed by atoms with van der Waals surface area (Å²) < 4.78 is 7.24. The third-order valence-electron chi connectivity index (χ3n) is 3.59. The second kappa shape index (κ2) is 6.96. The first-order valence-corrected chi connectivity index (χ1v) is 7.70. The average molecular weight is 309 g/mol. The molecule has 0 saturated carbocycles. The van der Waals surface area contributed by atoms with E-state index in [-0.39, 0.29) is 5.91 Å². The first-order valence-electron chi connectivity index (χ1n) is 7.70. The van der Waals surface area contributed by atoms with Crippen molar-refractivity contribution in [3.05, 3.63) is 60.4 Å². The summed E-state index contributed by atoms with van der Waals surface area (Å²) >= 11 is 0. The van der Waals surface area contributed by atoms with Crippen LogP contribution in [0.5, 0.6) is 5.75 Å². The zero-order chi connectivity index (χ0) is 16.1. The van der Waals surface area contributed by atoms with Crippen molar-refractivity contribution in [3.8, 4) is 5.75 Å². The summed E-state index contributed by atoms with van der Waals surface area (Å²) in [6.45, 7) is 2.57. The highest BCUT2D eigenvalue weighted by Crippen LogP contribution is 2.19. The van der Waals surface area contributed by atoms with Crippen LogP contribution in [0.3, 0.4) is 0 Å². The molecule has 0 radical (unpaired) electrons. The van der Waals surface area contributed by atoms with Gasteiger partial charge in [-0.3, -0.25) is 10.2 Å². The number of benzene rings is 2. The summed E-state index contributed by atoms with van der Waals surface area (Å²) in [5.41, 5.74) is 5.64. The van der Waals surface area contributed by atoms with Gasteiger partial charge in [0, 0.05) is 6.42 Å². The summed E-state index contributed by atoms with van der Waals surface area (Å²) in [6.07, 6.45) is 2.64. The quantitative estimate of drug-likeness (QED) is 0.761. The topological polar surface area (TPSA) is 56.1 Å². The molecule has 1 heterocycles. The molecule has 1 aromatic heterocycles. The maximum atomic E-state index is 12.2. The number of nitrogens with one attached hydrogen (secondary N) is 1. The Balaban J connectivity index is 1.64. The monoisotopic (exact) mass is 309 g/mol. The number of hydrogen-bond acceptors (Lipinski definition) is 3. The number of carbonyl (C=O) groups excluding carboxylic acids is 1. The molecule has 118 valence electrons. The van der Waals surface area contributed by atoms with Crippen molar-refractivity contribution < 1.29 is 9.53 Å². The predicted molar refractivity (Wildman–Crippen MR) is 90.0 cm³/mol. The summed E-state index contributed by atoms with van der Waals surface area (Å²) in [5.74, 6) is 0.787. The first kappa shape index (κ1) is 15.1. The molecule has 2 aromatic carbocycles. The fourth-order valence-corrected chi connectivity index (χ4v) is 2.49. The van der Waals surface area contributed by atoms with Gasteiger partial charge in [-0.1, -0.05) is 30.3 Å². The number of hydrogen-bond donors (Lipinski definition) is 1. The van der Waals surface area contributed by atoms with Gasteiger partial charge in [0.25, 0.3) is 0 Å². The van der Waals surface area contributed by atoms with Crippen molar-refractivity contribution in [2.24, 2.45) is 0 Å². The molecule has 1 N–H and O–H groups in total. The van der Waals surface area contributed by atoms with Gasteiger partial charge >= 0.3 is 0 Å². The Labute approximate surface area is 134 Å². The summed E-state index contributed by atoms with van der Waals surface area (Å²) in [4.78, 5) is 16.5. The Bertz CT molecular complexity index is 811. The molecule has 0 aliphatic rings. The maximum Gasteiger partial charge on any atom is 0.239 e. The van der Waals surface area contributed by atoms with E-state index in [2.05, 4.69) is 10.4 Å². The second-order valence-electron chi connectivity index (χ2n) is 5.18. The van der Waals surface area contributed by atoms with Crippen LogP contribution >= 0.6 is 0 Å². The van der Waals surface area contributed by atoms with E-state index in [1.807, 2.05) is 55.5 Å². The van der Waals surface area contributed by atoms with E-state index in [1.165, 1.54) is 0 Å². The fraction of sp³-hybridized carbons (Fsp3) is 0.222. The number of fused-ring (bicyclic) bond motifs is 1. The minimum atomic E-state index is -0.0561. The molecule has 0 spiro atoms. The number of imidazole rings is 1. The van der Waals surface area contributed by atoms with Crippen LogP contribution in [-0.2, 0) is 11.2 Å². The second-order valence-corrected chi connectivity index (χ2v) is 5.18. The zero-order valence-electron chi connectivity index (χ0n) is 13.0. The van der Waals surface area contributed by atoms with Gasteiger partial charge in [-0.2, -0.15) is 0 Å². The van der Waals surface area contributed by atoms with Gasteiger partial charge in [0.2, 0.25) is 5.91 Å². The molecular formula is C18H19N3O2. The van der Waals surface area contributed by atoms with Crippen LogP contribution in [0.1, 0.15) is 18.9 Å². The largest absolute Gasteiger partial charge is 0.494 e. The molecule has 23 heavy (non-hydrogen) atoms.